The Balaban J connectivity index is 1.98. The van der Waals surface area contributed by atoms with Crippen molar-refractivity contribution in [2.24, 2.45) is 0 Å². The summed E-state index contributed by atoms with van der Waals surface area (Å²) in [5.74, 6) is 0. The molecule has 1 saturated heterocycles. The van der Waals surface area contributed by atoms with E-state index in [1.807, 2.05) is 6.92 Å². The zero-order chi connectivity index (χ0) is 8.27. The van der Waals surface area contributed by atoms with Crippen molar-refractivity contribution in [3.8, 4) is 0 Å². The summed E-state index contributed by atoms with van der Waals surface area (Å²) >= 11 is 0. The van der Waals surface area contributed by atoms with Crippen molar-refractivity contribution in [3.63, 3.8) is 0 Å². The monoisotopic (exact) mass is 158 g/mol. The number of hydrogen-bond acceptors (Lipinski definition) is 2. The maximum absolute atomic E-state index is 9.03. The standard InChI is InChI=1S/C9H18O2/c1-3-4-5-8-9(11-8)6-7(2)10/h7-10H,3-6H2,1-2H3/t7-,8+,9-/m0/s1. The maximum atomic E-state index is 9.03. The predicted octanol–water partition coefficient (Wildman–Crippen LogP) is 1.71. The van der Waals surface area contributed by atoms with Gasteiger partial charge in [0.05, 0.1) is 18.3 Å². The van der Waals surface area contributed by atoms with Crippen LogP contribution in [0.1, 0.15) is 39.5 Å². The second-order valence-electron chi connectivity index (χ2n) is 3.44. The van der Waals surface area contributed by atoms with Gasteiger partial charge >= 0.3 is 0 Å². The van der Waals surface area contributed by atoms with E-state index in [9.17, 15) is 0 Å². The van der Waals surface area contributed by atoms with Crippen LogP contribution in [0.2, 0.25) is 0 Å². The van der Waals surface area contributed by atoms with E-state index in [-0.39, 0.29) is 6.10 Å². The molecule has 0 radical (unpaired) electrons. The summed E-state index contributed by atoms with van der Waals surface area (Å²) in [6, 6.07) is 0. The van der Waals surface area contributed by atoms with Gasteiger partial charge in [0.25, 0.3) is 0 Å². The first-order chi connectivity index (χ1) is 5.24. The fraction of sp³-hybridized carbons (Fsp3) is 1.00. The molecule has 0 aliphatic carbocycles. The maximum Gasteiger partial charge on any atom is 0.0866 e. The van der Waals surface area contributed by atoms with Gasteiger partial charge in [-0.1, -0.05) is 19.8 Å². The van der Waals surface area contributed by atoms with Gasteiger partial charge in [0.15, 0.2) is 0 Å². The molecule has 1 N–H and O–H groups in total. The van der Waals surface area contributed by atoms with Crippen LogP contribution in [0, 0.1) is 0 Å². The Hall–Kier alpha value is -0.0800. The van der Waals surface area contributed by atoms with Crippen molar-refractivity contribution in [1.82, 2.24) is 0 Å². The second-order valence-corrected chi connectivity index (χ2v) is 3.44. The Labute approximate surface area is 68.6 Å². The Morgan fingerprint density at radius 2 is 2.18 bits per heavy atom. The van der Waals surface area contributed by atoms with Crippen LogP contribution in [0.3, 0.4) is 0 Å². The normalized spacial score (nSPS) is 31.9. The van der Waals surface area contributed by atoms with Crippen LogP contribution in [0.15, 0.2) is 0 Å². The fourth-order valence-corrected chi connectivity index (χ4v) is 1.38. The van der Waals surface area contributed by atoms with E-state index in [2.05, 4.69) is 6.92 Å². The molecular weight excluding hydrogens is 140 g/mol. The highest BCUT2D eigenvalue weighted by Gasteiger charge is 2.38. The zero-order valence-electron chi connectivity index (χ0n) is 7.42. The molecule has 2 nitrogen and oxygen atoms in total. The average molecular weight is 158 g/mol. The first-order valence-corrected chi connectivity index (χ1v) is 4.57. The third-order valence-electron chi connectivity index (χ3n) is 2.10. The molecule has 1 aliphatic rings. The highest BCUT2D eigenvalue weighted by atomic mass is 16.6. The van der Waals surface area contributed by atoms with Gasteiger partial charge in [0, 0.05) is 6.42 Å². The Morgan fingerprint density at radius 1 is 1.45 bits per heavy atom. The van der Waals surface area contributed by atoms with Crippen molar-refractivity contribution >= 4 is 0 Å². The molecule has 3 atom stereocenters. The number of aliphatic hydroxyl groups is 1. The van der Waals surface area contributed by atoms with Gasteiger partial charge in [-0.15, -0.1) is 0 Å². The van der Waals surface area contributed by atoms with Crippen molar-refractivity contribution in [2.75, 3.05) is 0 Å². The quantitative estimate of drug-likeness (QED) is 0.618. The number of epoxide rings is 1. The highest BCUT2D eigenvalue weighted by molar-refractivity contribution is 4.85. The Bertz CT molecular complexity index is 112. The molecule has 0 saturated carbocycles. The summed E-state index contributed by atoms with van der Waals surface area (Å²) in [5.41, 5.74) is 0. The first-order valence-electron chi connectivity index (χ1n) is 4.57. The van der Waals surface area contributed by atoms with Crippen LogP contribution < -0.4 is 0 Å². The molecule has 0 unspecified atom stereocenters. The third-order valence-corrected chi connectivity index (χ3v) is 2.10. The molecule has 1 aliphatic heterocycles. The summed E-state index contributed by atoms with van der Waals surface area (Å²) in [5, 5.41) is 9.03. The van der Waals surface area contributed by atoms with Crippen LogP contribution >= 0.6 is 0 Å². The molecular formula is C9H18O2. The van der Waals surface area contributed by atoms with Gasteiger partial charge in [0.1, 0.15) is 0 Å². The minimum absolute atomic E-state index is 0.202. The molecule has 0 aromatic carbocycles. The summed E-state index contributed by atoms with van der Waals surface area (Å²) in [4.78, 5) is 0. The lowest BCUT2D eigenvalue weighted by atomic mass is 10.1. The topological polar surface area (TPSA) is 32.8 Å². The summed E-state index contributed by atoms with van der Waals surface area (Å²) < 4.78 is 5.37. The number of hydrogen-bond donors (Lipinski definition) is 1. The van der Waals surface area contributed by atoms with Crippen molar-refractivity contribution in [2.45, 2.75) is 57.8 Å². The minimum atomic E-state index is -0.202. The number of rotatable bonds is 5. The van der Waals surface area contributed by atoms with Crippen LogP contribution in [0.5, 0.6) is 0 Å². The highest BCUT2D eigenvalue weighted by Crippen LogP contribution is 2.30. The van der Waals surface area contributed by atoms with Gasteiger partial charge < -0.3 is 9.84 Å². The third kappa shape index (κ3) is 3.21. The van der Waals surface area contributed by atoms with Crippen LogP contribution in [0.4, 0.5) is 0 Å². The average Bonchev–Trinajstić information content (AvgIpc) is 2.62. The summed E-state index contributed by atoms with van der Waals surface area (Å²) in [7, 11) is 0. The van der Waals surface area contributed by atoms with E-state index in [4.69, 9.17) is 9.84 Å². The minimum Gasteiger partial charge on any atom is -0.393 e. The molecule has 2 heteroatoms. The summed E-state index contributed by atoms with van der Waals surface area (Å²) in [6.45, 7) is 4.00. The van der Waals surface area contributed by atoms with Crippen LogP contribution in [-0.2, 0) is 4.74 Å². The lowest BCUT2D eigenvalue weighted by molar-refractivity contribution is 0.170. The lowest BCUT2D eigenvalue weighted by Crippen LogP contribution is -2.06. The molecule has 1 fully saturated rings. The van der Waals surface area contributed by atoms with Gasteiger partial charge in [-0.05, 0) is 13.3 Å². The smallest absolute Gasteiger partial charge is 0.0866 e. The van der Waals surface area contributed by atoms with Gasteiger partial charge in [-0.25, -0.2) is 0 Å². The largest absolute Gasteiger partial charge is 0.393 e. The number of ether oxygens (including phenoxy) is 1. The molecule has 66 valence electrons. The van der Waals surface area contributed by atoms with E-state index < -0.39 is 0 Å². The van der Waals surface area contributed by atoms with Crippen molar-refractivity contribution in [3.05, 3.63) is 0 Å². The van der Waals surface area contributed by atoms with Gasteiger partial charge in [0.2, 0.25) is 0 Å². The Morgan fingerprint density at radius 3 is 2.73 bits per heavy atom. The number of aliphatic hydroxyl groups excluding tert-OH is 1. The van der Waals surface area contributed by atoms with E-state index in [0.717, 1.165) is 6.42 Å². The molecule has 0 spiro atoms. The van der Waals surface area contributed by atoms with E-state index in [0.29, 0.717) is 12.2 Å². The molecule has 0 aromatic rings. The molecule has 11 heavy (non-hydrogen) atoms. The van der Waals surface area contributed by atoms with Crippen molar-refractivity contribution in [1.29, 1.82) is 0 Å². The molecule has 0 aromatic heterocycles. The number of unbranched alkanes of at least 4 members (excludes halogenated alkanes) is 1. The molecule has 1 rings (SSSR count). The molecule has 0 amide bonds. The summed E-state index contributed by atoms with van der Waals surface area (Å²) in [6.07, 6.45) is 5.10. The van der Waals surface area contributed by atoms with Gasteiger partial charge in [-0.3, -0.25) is 0 Å². The van der Waals surface area contributed by atoms with Gasteiger partial charge in [-0.2, -0.15) is 0 Å². The van der Waals surface area contributed by atoms with E-state index in [1.54, 1.807) is 0 Å². The van der Waals surface area contributed by atoms with Crippen molar-refractivity contribution < 1.29 is 9.84 Å². The Kier molecular flexibility index (Phi) is 3.34. The first kappa shape index (κ1) is 9.01. The predicted molar refractivity (Wildman–Crippen MR) is 44.5 cm³/mol. The van der Waals surface area contributed by atoms with Crippen LogP contribution in [-0.4, -0.2) is 23.4 Å². The van der Waals surface area contributed by atoms with E-state index in [1.165, 1.54) is 19.3 Å². The molecule has 0 bridgehead atoms. The van der Waals surface area contributed by atoms with Crippen LogP contribution in [0.25, 0.3) is 0 Å². The lowest BCUT2D eigenvalue weighted by Gasteiger charge is -1.98. The molecule has 1 heterocycles. The fourth-order valence-electron chi connectivity index (χ4n) is 1.38. The zero-order valence-corrected chi connectivity index (χ0v) is 7.42. The second kappa shape index (κ2) is 4.07. The SMILES string of the molecule is CCCC[C@H]1O[C@H]1C[C@H](C)O. The van der Waals surface area contributed by atoms with E-state index >= 15 is 0 Å².